The van der Waals surface area contributed by atoms with E-state index in [2.05, 4.69) is 5.32 Å². The maximum absolute atomic E-state index is 12.0. The van der Waals surface area contributed by atoms with Crippen molar-refractivity contribution >= 4 is 15.7 Å². The molecule has 0 aromatic carbocycles. The van der Waals surface area contributed by atoms with Crippen molar-refractivity contribution in [3.63, 3.8) is 0 Å². The second-order valence-corrected chi connectivity index (χ2v) is 6.94. The Morgan fingerprint density at radius 3 is 2.50 bits per heavy atom. The van der Waals surface area contributed by atoms with Crippen LogP contribution in [0, 0.1) is 5.92 Å². The van der Waals surface area contributed by atoms with Gasteiger partial charge in [-0.2, -0.15) is 0 Å². The van der Waals surface area contributed by atoms with Crippen LogP contribution in [-0.4, -0.2) is 56.9 Å². The quantitative estimate of drug-likeness (QED) is 0.756. The van der Waals surface area contributed by atoms with E-state index < -0.39 is 9.84 Å². The summed E-state index contributed by atoms with van der Waals surface area (Å²) in [7, 11) is -3.28. The van der Waals surface area contributed by atoms with Gasteiger partial charge in [-0.05, 0) is 45.7 Å². The lowest BCUT2D eigenvalue weighted by molar-refractivity contribution is -0.128. The molecule has 0 aliphatic carbocycles. The average molecular weight is 276 g/mol. The molecule has 1 heterocycles. The minimum atomic E-state index is -3.28. The first-order chi connectivity index (χ1) is 8.48. The Morgan fingerprint density at radius 1 is 1.33 bits per heavy atom. The van der Waals surface area contributed by atoms with Crippen molar-refractivity contribution in [3.8, 4) is 0 Å². The summed E-state index contributed by atoms with van der Waals surface area (Å²) in [6.45, 7) is 6.57. The predicted octanol–water partition coefficient (Wildman–Crippen LogP) is 0.269. The first-order valence-electron chi connectivity index (χ1n) is 6.67. The number of amides is 1. The van der Waals surface area contributed by atoms with Crippen LogP contribution in [0.1, 0.15) is 26.7 Å². The normalized spacial score (nSPS) is 20.7. The van der Waals surface area contributed by atoms with Gasteiger partial charge >= 0.3 is 0 Å². The third kappa shape index (κ3) is 4.94. The van der Waals surface area contributed by atoms with E-state index in [1.165, 1.54) is 0 Å². The van der Waals surface area contributed by atoms with E-state index in [1.54, 1.807) is 4.90 Å². The van der Waals surface area contributed by atoms with E-state index >= 15 is 0 Å². The Kier molecular flexibility index (Phi) is 6.08. The minimum absolute atomic E-state index is 0.132. The van der Waals surface area contributed by atoms with Crippen molar-refractivity contribution in [2.75, 3.05) is 37.7 Å². The zero-order chi connectivity index (χ0) is 13.6. The molecule has 1 atom stereocenters. The zero-order valence-electron chi connectivity index (χ0n) is 11.3. The van der Waals surface area contributed by atoms with Crippen LogP contribution in [0.15, 0.2) is 0 Å². The van der Waals surface area contributed by atoms with Crippen LogP contribution < -0.4 is 5.32 Å². The topological polar surface area (TPSA) is 66.5 Å². The summed E-state index contributed by atoms with van der Waals surface area (Å²) in [5.41, 5.74) is 0. The Morgan fingerprint density at radius 2 is 2.00 bits per heavy atom. The molecule has 1 unspecified atom stereocenters. The Labute approximate surface area is 110 Å². The molecule has 5 nitrogen and oxygen atoms in total. The largest absolute Gasteiger partial charge is 0.342 e. The number of hydrogen-bond acceptors (Lipinski definition) is 4. The van der Waals surface area contributed by atoms with Crippen molar-refractivity contribution in [1.29, 1.82) is 0 Å². The van der Waals surface area contributed by atoms with E-state index in [0.717, 1.165) is 25.9 Å². The number of hydrogen-bond donors (Lipinski definition) is 1. The summed E-state index contributed by atoms with van der Waals surface area (Å²) < 4.78 is 23.9. The molecular weight excluding hydrogens is 252 g/mol. The van der Waals surface area contributed by atoms with Crippen LogP contribution >= 0.6 is 0 Å². The zero-order valence-corrected chi connectivity index (χ0v) is 12.1. The Hall–Kier alpha value is -0.620. The van der Waals surface area contributed by atoms with Gasteiger partial charge < -0.3 is 10.2 Å². The van der Waals surface area contributed by atoms with Crippen LogP contribution in [0.2, 0.25) is 0 Å². The van der Waals surface area contributed by atoms with Crippen LogP contribution in [0.5, 0.6) is 0 Å². The lowest BCUT2D eigenvalue weighted by Gasteiger charge is -2.23. The van der Waals surface area contributed by atoms with Crippen LogP contribution in [-0.2, 0) is 14.6 Å². The first-order valence-corrected chi connectivity index (χ1v) is 8.49. The second-order valence-electron chi connectivity index (χ2n) is 4.83. The van der Waals surface area contributed by atoms with E-state index in [0.29, 0.717) is 13.1 Å². The minimum Gasteiger partial charge on any atom is -0.342 e. The number of carbonyl (C=O) groups is 1. The fourth-order valence-corrected chi connectivity index (χ4v) is 4.02. The molecule has 1 amide bonds. The van der Waals surface area contributed by atoms with E-state index in [4.69, 9.17) is 0 Å². The summed E-state index contributed by atoms with van der Waals surface area (Å²) in [4.78, 5) is 13.4. The summed E-state index contributed by atoms with van der Waals surface area (Å²) in [6, 6.07) is 0. The number of carbonyl (C=O) groups excluding carboxylic acids is 1. The van der Waals surface area contributed by atoms with Gasteiger partial charge in [0.05, 0.1) is 5.75 Å². The van der Waals surface area contributed by atoms with Gasteiger partial charge in [0.25, 0.3) is 0 Å². The van der Waals surface area contributed by atoms with Gasteiger partial charge in [0.1, 0.15) is 5.75 Å². The van der Waals surface area contributed by atoms with Gasteiger partial charge in [0.2, 0.25) is 5.91 Å². The predicted molar refractivity (Wildman–Crippen MR) is 72.2 cm³/mol. The first kappa shape index (κ1) is 15.4. The van der Waals surface area contributed by atoms with Crippen molar-refractivity contribution in [3.05, 3.63) is 0 Å². The maximum atomic E-state index is 12.0. The molecule has 1 aliphatic heterocycles. The van der Waals surface area contributed by atoms with Crippen molar-refractivity contribution in [1.82, 2.24) is 10.2 Å². The molecule has 1 rings (SSSR count). The fourth-order valence-electron chi connectivity index (χ4n) is 2.34. The summed E-state index contributed by atoms with van der Waals surface area (Å²) in [5.74, 6) is -0.324. The highest BCUT2D eigenvalue weighted by Crippen LogP contribution is 2.13. The lowest BCUT2D eigenvalue weighted by Crippen LogP contribution is -2.39. The van der Waals surface area contributed by atoms with Crippen molar-refractivity contribution < 1.29 is 13.2 Å². The monoisotopic (exact) mass is 276 g/mol. The number of rotatable bonds is 6. The van der Waals surface area contributed by atoms with Crippen LogP contribution in [0.25, 0.3) is 0 Å². The third-order valence-corrected chi connectivity index (χ3v) is 5.01. The summed E-state index contributed by atoms with van der Waals surface area (Å²) >= 11 is 0. The Balaban J connectivity index is 2.50. The number of nitrogens with one attached hydrogen (secondary N) is 1. The van der Waals surface area contributed by atoms with E-state index in [9.17, 15) is 13.2 Å². The Bertz CT molecular complexity index is 358. The van der Waals surface area contributed by atoms with Gasteiger partial charge in [0, 0.05) is 13.1 Å². The molecular formula is C12H24N2O3S. The summed E-state index contributed by atoms with van der Waals surface area (Å²) in [6.07, 6.45) is 1.95. The molecule has 0 aromatic heterocycles. The number of nitrogens with zero attached hydrogens (tertiary/aromatic N) is 1. The molecule has 0 saturated carbocycles. The smallest absolute Gasteiger partial charge is 0.237 e. The lowest BCUT2D eigenvalue weighted by atomic mass is 10.0. The maximum Gasteiger partial charge on any atom is 0.237 e. The van der Waals surface area contributed by atoms with Gasteiger partial charge in [-0.1, -0.05) is 0 Å². The summed E-state index contributed by atoms with van der Waals surface area (Å²) in [5, 5.41) is 3.20. The van der Waals surface area contributed by atoms with Gasteiger partial charge in [-0.15, -0.1) is 0 Å². The highest BCUT2D eigenvalue weighted by Gasteiger charge is 2.25. The molecule has 0 aromatic rings. The van der Waals surface area contributed by atoms with E-state index in [-0.39, 0.29) is 23.3 Å². The van der Waals surface area contributed by atoms with Crippen molar-refractivity contribution in [2.45, 2.75) is 26.7 Å². The fraction of sp³-hybridized carbons (Fsp3) is 0.917. The molecule has 1 saturated heterocycles. The molecule has 0 bridgehead atoms. The average Bonchev–Trinajstić information content (AvgIpc) is 2.30. The number of sulfone groups is 1. The SMILES string of the molecule is CCN(CC)C(=O)CS(=O)(=O)CC1CCCNC1. The molecule has 1 aliphatic rings. The molecule has 106 valence electrons. The van der Waals surface area contributed by atoms with Crippen LogP contribution in [0.3, 0.4) is 0 Å². The van der Waals surface area contributed by atoms with Gasteiger partial charge in [-0.3, -0.25) is 4.79 Å². The molecule has 0 spiro atoms. The highest BCUT2D eigenvalue weighted by molar-refractivity contribution is 7.92. The molecule has 6 heteroatoms. The molecule has 1 fully saturated rings. The van der Waals surface area contributed by atoms with Gasteiger partial charge in [0.15, 0.2) is 9.84 Å². The molecule has 18 heavy (non-hydrogen) atoms. The molecule has 1 N–H and O–H groups in total. The number of piperidine rings is 1. The second kappa shape index (κ2) is 7.09. The highest BCUT2D eigenvalue weighted by atomic mass is 32.2. The van der Waals surface area contributed by atoms with Crippen molar-refractivity contribution in [2.24, 2.45) is 5.92 Å². The van der Waals surface area contributed by atoms with Gasteiger partial charge in [-0.25, -0.2) is 8.42 Å². The molecule has 0 radical (unpaired) electrons. The van der Waals surface area contributed by atoms with E-state index in [1.807, 2.05) is 13.8 Å². The standard InChI is InChI=1S/C12H24N2O3S/c1-3-14(4-2)12(15)10-18(16,17)9-11-6-5-7-13-8-11/h11,13H,3-10H2,1-2H3. The third-order valence-electron chi connectivity index (χ3n) is 3.35. The van der Waals surface area contributed by atoms with Crippen LogP contribution in [0.4, 0.5) is 0 Å².